The smallest absolute Gasteiger partial charge is 0.324 e. The first kappa shape index (κ1) is 16.1. The maximum Gasteiger partial charge on any atom is 0.324 e. The van der Waals surface area contributed by atoms with E-state index in [0.717, 1.165) is 4.90 Å². The summed E-state index contributed by atoms with van der Waals surface area (Å²) >= 11 is 0. The zero-order chi connectivity index (χ0) is 16.2. The molecule has 2 aliphatic heterocycles. The number of rotatable bonds is 8. The number of aliphatic carboxylic acids is 1. The molecule has 0 saturated carbocycles. The summed E-state index contributed by atoms with van der Waals surface area (Å²) in [5.74, 6) is -2.58. The molecule has 9 nitrogen and oxygen atoms in total. The van der Waals surface area contributed by atoms with Crippen molar-refractivity contribution in [1.29, 1.82) is 0 Å². The second-order valence-corrected chi connectivity index (χ2v) is 4.91. The zero-order valence-corrected chi connectivity index (χ0v) is 11.7. The molecule has 22 heavy (non-hydrogen) atoms. The Balaban J connectivity index is 1.60. The normalized spacial score (nSPS) is 19.2. The number of carbonyl (C=O) groups excluding carboxylic acids is 3. The molecule has 0 unspecified atom stereocenters. The van der Waals surface area contributed by atoms with Gasteiger partial charge in [-0.15, -0.1) is 0 Å². The van der Waals surface area contributed by atoms with Crippen LogP contribution in [0.4, 0.5) is 0 Å². The second-order valence-electron chi connectivity index (χ2n) is 4.91. The molecule has 0 bridgehead atoms. The number of imide groups is 1. The van der Waals surface area contributed by atoms with E-state index in [4.69, 9.17) is 14.6 Å². The Morgan fingerprint density at radius 2 is 1.91 bits per heavy atom. The molecule has 9 heteroatoms. The lowest BCUT2D eigenvalue weighted by Gasteiger charge is -2.35. The fourth-order valence-corrected chi connectivity index (χ4v) is 1.97. The zero-order valence-electron chi connectivity index (χ0n) is 11.7. The molecule has 2 N–H and O–H groups in total. The number of nitrogens with one attached hydrogen (secondary N) is 1. The Kier molecular flexibility index (Phi) is 4.88. The Bertz CT molecular complexity index is 506. The van der Waals surface area contributed by atoms with Gasteiger partial charge < -0.3 is 19.9 Å². The topological polar surface area (TPSA) is 122 Å². The molecule has 0 aromatic carbocycles. The lowest BCUT2D eigenvalue weighted by atomic mass is 9.85. The van der Waals surface area contributed by atoms with Crippen molar-refractivity contribution < 1.29 is 33.8 Å². The van der Waals surface area contributed by atoms with Crippen LogP contribution < -0.4 is 5.32 Å². The maximum absolute atomic E-state index is 11.8. The van der Waals surface area contributed by atoms with Crippen molar-refractivity contribution in [2.24, 2.45) is 5.41 Å². The molecule has 0 aromatic heterocycles. The van der Waals surface area contributed by atoms with E-state index in [0.29, 0.717) is 0 Å². The molecule has 0 spiro atoms. The van der Waals surface area contributed by atoms with Crippen LogP contribution in [-0.4, -0.2) is 73.2 Å². The van der Waals surface area contributed by atoms with E-state index in [1.807, 2.05) is 0 Å². The lowest BCUT2D eigenvalue weighted by Crippen LogP contribution is -2.59. The fourth-order valence-electron chi connectivity index (χ4n) is 1.97. The van der Waals surface area contributed by atoms with Gasteiger partial charge in [-0.25, -0.2) is 0 Å². The first-order valence-corrected chi connectivity index (χ1v) is 6.68. The number of hydrogen-bond donors (Lipinski definition) is 2. The van der Waals surface area contributed by atoms with Crippen LogP contribution in [0.1, 0.15) is 0 Å². The summed E-state index contributed by atoms with van der Waals surface area (Å²) in [4.78, 5) is 46.4. The average molecular weight is 312 g/mol. The third kappa shape index (κ3) is 3.15. The molecule has 2 heterocycles. The fraction of sp³-hybridized carbons (Fsp3) is 0.538. The van der Waals surface area contributed by atoms with Crippen LogP contribution in [0.3, 0.4) is 0 Å². The summed E-state index contributed by atoms with van der Waals surface area (Å²) in [5.41, 5.74) is -1.50. The molecular formula is C13H16N2O7. The van der Waals surface area contributed by atoms with Crippen molar-refractivity contribution in [2.75, 3.05) is 39.5 Å². The van der Waals surface area contributed by atoms with Crippen LogP contribution in [-0.2, 0) is 28.7 Å². The molecule has 3 amide bonds. The molecule has 1 fully saturated rings. The van der Waals surface area contributed by atoms with Gasteiger partial charge in [0.2, 0.25) is 5.91 Å². The number of carboxylic acid groups (broad SMARTS) is 1. The van der Waals surface area contributed by atoms with Gasteiger partial charge in [-0.3, -0.25) is 24.1 Å². The predicted molar refractivity (Wildman–Crippen MR) is 70.6 cm³/mol. The molecule has 2 rings (SSSR count). The van der Waals surface area contributed by atoms with E-state index in [9.17, 15) is 19.2 Å². The summed E-state index contributed by atoms with van der Waals surface area (Å²) in [6.07, 6.45) is 2.38. The van der Waals surface area contributed by atoms with Gasteiger partial charge in [-0.1, -0.05) is 0 Å². The van der Waals surface area contributed by atoms with Gasteiger partial charge in [0.05, 0.1) is 33.0 Å². The van der Waals surface area contributed by atoms with Crippen LogP contribution in [0.15, 0.2) is 12.2 Å². The van der Waals surface area contributed by atoms with Gasteiger partial charge in [0.25, 0.3) is 11.8 Å². The number of ether oxygens (including phenoxy) is 2. The van der Waals surface area contributed by atoms with E-state index in [1.54, 1.807) is 0 Å². The molecule has 0 aliphatic carbocycles. The molecular weight excluding hydrogens is 296 g/mol. The lowest BCUT2D eigenvalue weighted by molar-refractivity contribution is -0.185. The minimum atomic E-state index is -1.50. The highest BCUT2D eigenvalue weighted by molar-refractivity contribution is 6.12. The third-order valence-corrected chi connectivity index (χ3v) is 3.43. The average Bonchev–Trinajstić information content (AvgIpc) is 2.72. The van der Waals surface area contributed by atoms with Crippen molar-refractivity contribution >= 4 is 23.7 Å². The highest BCUT2D eigenvalue weighted by Gasteiger charge is 2.53. The molecule has 120 valence electrons. The molecule has 0 atom stereocenters. The largest absolute Gasteiger partial charge is 0.480 e. The van der Waals surface area contributed by atoms with Gasteiger partial charge in [-0.2, -0.15) is 0 Å². The predicted octanol–water partition coefficient (Wildman–Crippen LogP) is -1.85. The molecule has 0 aromatic rings. The van der Waals surface area contributed by atoms with Crippen LogP contribution in [0.5, 0.6) is 0 Å². The number of amides is 3. The van der Waals surface area contributed by atoms with Crippen LogP contribution in [0.25, 0.3) is 0 Å². The standard InChI is InChI=1S/C13H16N2O7/c16-9-1-2-10(17)15(9)4-6-21-5-3-14-11(18)13(12(19)20)7-22-8-13/h1-2H,3-8H2,(H,14,18)(H,19,20). The quantitative estimate of drug-likeness (QED) is 0.306. The van der Waals surface area contributed by atoms with Crippen LogP contribution >= 0.6 is 0 Å². The summed E-state index contributed by atoms with van der Waals surface area (Å²) < 4.78 is 9.99. The van der Waals surface area contributed by atoms with Gasteiger partial charge >= 0.3 is 5.97 Å². The van der Waals surface area contributed by atoms with Crippen molar-refractivity contribution in [3.63, 3.8) is 0 Å². The van der Waals surface area contributed by atoms with Crippen molar-refractivity contribution in [3.05, 3.63) is 12.2 Å². The second kappa shape index (κ2) is 6.67. The minimum absolute atomic E-state index is 0.130. The number of nitrogens with zero attached hydrogens (tertiary/aromatic N) is 1. The Morgan fingerprint density at radius 1 is 1.27 bits per heavy atom. The SMILES string of the molecule is O=C1C=CC(=O)N1CCOCCNC(=O)C1(C(=O)O)COC1. The Labute approximate surface area is 125 Å². The third-order valence-electron chi connectivity index (χ3n) is 3.43. The van der Waals surface area contributed by atoms with Crippen molar-refractivity contribution in [3.8, 4) is 0 Å². The monoisotopic (exact) mass is 312 g/mol. The van der Waals surface area contributed by atoms with Gasteiger partial charge in [0.15, 0.2) is 5.41 Å². The van der Waals surface area contributed by atoms with E-state index in [1.165, 1.54) is 12.2 Å². The summed E-state index contributed by atoms with van der Waals surface area (Å²) in [5, 5.41) is 11.5. The van der Waals surface area contributed by atoms with Crippen molar-refractivity contribution in [2.45, 2.75) is 0 Å². The Morgan fingerprint density at radius 3 is 2.41 bits per heavy atom. The van der Waals surface area contributed by atoms with Crippen LogP contribution in [0.2, 0.25) is 0 Å². The minimum Gasteiger partial charge on any atom is -0.480 e. The summed E-state index contributed by atoms with van der Waals surface area (Å²) in [6, 6.07) is 0. The van der Waals surface area contributed by atoms with E-state index < -0.39 is 17.3 Å². The summed E-state index contributed by atoms with van der Waals surface area (Å²) in [6.45, 7) is 0.274. The van der Waals surface area contributed by atoms with Crippen molar-refractivity contribution in [1.82, 2.24) is 10.2 Å². The van der Waals surface area contributed by atoms with E-state index in [2.05, 4.69) is 5.32 Å². The number of carbonyl (C=O) groups is 4. The first-order valence-electron chi connectivity index (χ1n) is 6.68. The highest BCUT2D eigenvalue weighted by Crippen LogP contribution is 2.27. The maximum atomic E-state index is 11.8. The van der Waals surface area contributed by atoms with E-state index >= 15 is 0 Å². The number of carboxylic acids is 1. The van der Waals surface area contributed by atoms with Crippen LogP contribution in [0, 0.1) is 5.41 Å². The number of hydrogen-bond acceptors (Lipinski definition) is 6. The Hall–Kier alpha value is -2.26. The molecule has 1 saturated heterocycles. The van der Waals surface area contributed by atoms with Gasteiger partial charge in [0.1, 0.15) is 0 Å². The molecule has 2 aliphatic rings. The molecule has 0 radical (unpaired) electrons. The first-order chi connectivity index (χ1) is 10.5. The summed E-state index contributed by atoms with van der Waals surface area (Å²) in [7, 11) is 0. The van der Waals surface area contributed by atoms with E-state index in [-0.39, 0.29) is 51.3 Å². The van der Waals surface area contributed by atoms with Gasteiger partial charge in [-0.05, 0) is 0 Å². The highest BCUT2D eigenvalue weighted by atomic mass is 16.5. The van der Waals surface area contributed by atoms with Gasteiger partial charge in [0, 0.05) is 18.7 Å².